The van der Waals surface area contributed by atoms with Crippen LogP contribution in [0.2, 0.25) is 0 Å². The Hall–Kier alpha value is -3.69. The maximum absolute atomic E-state index is 14.2. The van der Waals surface area contributed by atoms with Gasteiger partial charge in [-0.3, -0.25) is 9.59 Å². The fraction of sp³-hybridized carbons (Fsp3) is 0.160. The molecule has 0 radical (unpaired) electrons. The molecule has 0 bridgehead atoms. The summed E-state index contributed by atoms with van der Waals surface area (Å²) in [5.74, 6) is -2.25. The van der Waals surface area contributed by atoms with Gasteiger partial charge in [-0.1, -0.05) is 24.3 Å². The van der Waals surface area contributed by atoms with Crippen LogP contribution in [-0.2, 0) is 6.54 Å². The molecule has 2 aromatic heterocycles. The number of hydrogen-bond acceptors (Lipinski definition) is 5. The molecule has 2 heterocycles. The number of carbonyl (C=O) groups excluding carboxylic acids is 1. The molecule has 0 aliphatic carbocycles. The van der Waals surface area contributed by atoms with Gasteiger partial charge in [-0.05, 0) is 55.4 Å². The molecule has 2 N–H and O–H groups in total. The normalized spacial score (nSPS) is 11.9. The minimum Gasteiger partial charge on any atom is -0.343 e. The lowest BCUT2D eigenvalue weighted by Gasteiger charge is -2.13. The SMILES string of the molecule is CNCc1ccccc1-c1ccc([C@@H](C)NC(=O)c2ccc(=O)n(-c3ccc(F)cc3F)n2)s1. The van der Waals surface area contributed by atoms with E-state index in [0.717, 1.165) is 44.7 Å². The number of nitrogens with zero attached hydrogens (tertiary/aromatic N) is 2. The standard InChI is InChI=1S/C25H22F2N4O2S/c1-15(22-10-11-23(34-22)18-6-4-3-5-16(18)14-28-2)29-25(33)20-8-12-24(32)31(30-20)21-9-7-17(26)13-19(21)27/h3-13,15,28H,14H2,1-2H3,(H,29,33)/t15-/m1/s1. The van der Waals surface area contributed by atoms with Crippen molar-refractivity contribution in [1.82, 2.24) is 20.4 Å². The van der Waals surface area contributed by atoms with Crippen LogP contribution >= 0.6 is 11.3 Å². The molecule has 174 valence electrons. The molecule has 2 aromatic carbocycles. The first-order valence-corrected chi connectivity index (χ1v) is 11.4. The summed E-state index contributed by atoms with van der Waals surface area (Å²) < 4.78 is 28.1. The van der Waals surface area contributed by atoms with Crippen LogP contribution in [0.1, 0.15) is 33.9 Å². The fourth-order valence-electron chi connectivity index (χ4n) is 3.54. The minimum atomic E-state index is -0.954. The zero-order chi connectivity index (χ0) is 24.2. The lowest BCUT2D eigenvalue weighted by Crippen LogP contribution is -2.30. The number of amides is 1. The van der Waals surface area contributed by atoms with E-state index in [0.29, 0.717) is 6.07 Å². The van der Waals surface area contributed by atoms with Crippen LogP contribution in [0.4, 0.5) is 8.78 Å². The first kappa shape index (κ1) is 23.5. The van der Waals surface area contributed by atoms with E-state index in [1.165, 1.54) is 11.6 Å². The topological polar surface area (TPSA) is 76.0 Å². The van der Waals surface area contributed by atoms with Crippen molar-refractivity contribution < 1.29 is 13.6 Å². The van der Waals surface area contributed by atoms with Crippen molar-refractivity contribution in [3.05, 3.63) is 105 Å². The van der Waals surface area contributed by atoms with Gasteiger partial charge in [0.1, 0.15) is 17.2 Å². The number of nitrogens with one attached hydrogen (secondary N) is 2. The number of thiophene rings is 1. The van der Waals surface area contributed by atoms with Gasteiger partial charge in [0.05, 0.1) is 6.04 Å². The molecule has 0 aliphatic rings. The quantitative estimate of drug-likeness (QED) is 0.410. The van der Waals surface area contributed by atoms with Gasteiger partial charge >= 0.3 is 0 Å². The Morgan fingerprint density at radius 1 is 1.09 bits per heavy atom. The molecule has 0 unspecified atom stereocenters. The molecule has 9 heteroatoms. The summed E-state index contributed by atoms with van der Waals surface area (Å²) in [4.78, 5) is 27.1. The van der Waals surface area contributed by atoms with Crippen molar-refractivity contribution in [3.8, 4) is 16.1 Å². The molecule has 0 spiro atoms. The van der Waals surface area contributed by atoms with E-state index < -0.39 is 23.1 Å². The smallest absolute Gasteiger partial charge is 0.272 e. The third kappa shape index (κ3) is 4.95. The van der Waals surface area contributed by atoms with E-state index in [4.69, 9.17) is 0 Å². The average molecular weight is 481 g/mol. The Kier molecular flexibility index (Phi) is 6.95. The van der Waals surface area contributed by atoms with Crippen LogP contribution < -0.4 is 16.2 Å². The molecule has 34 heavy (non-hydrogen) atoms. The van der Waals surface area contributed by atoms with Crippen molar-refractivity contribution >= 4 is 17.2 Å². The first-order chi connectivity index (χ1) is 16.4. The highest BCUT2D eigenvalue weighted by Gasteiger charge is 2.18. The molecule has 4 aromatic rings. The highest BCUT2D eigenvalue weighted by Crippen LogP contribution is 2.33. The summed E-state index contributed by atoms with van der Waals surface area (Å²) in [5.41, 5.74) is 1.36. The van der Waals surface area contributed by atoms with Crippen LogP contribution in [0.25, 0.3) is 16.1 Å². The number of aromatic nitrogens is 2. The maximum Gasteiger partial charge on any atom is 0.272 e. The van der Waals surface area contributed by atoms with E-state index in [9.17, 15) is 18.4 Å². The van der Waals surface area contributed by atoms with Crippen LogP contribution in [0.3, 0.4) is 0 Å². The molecule has 0 aliphatic heterocycles. The first-order valence-electron chi connectivity index (χ1n) is 10.6. The second-order valence-corrected chi connectivity index (χ2v) is 8.76. The highest BCUT2D eigenvalue weighted by molar-refractivity contribution is 7.15. The Labute approximate surface area is 198 Å². The monoisotopic (exact) mass is 480 g/mol. The van der Waals surface area contributed by atoms with E-state index in [1.807, 2.05) is 38.2 Å². The van der Waals surface area contributed by atoms with E-state index in [-0.39, 0.29) is 17.4 Å². The van der Waals surface area contributed by atoms with Crippen molar-refractivity contribution in [2.24, 2.45) is 0 Å². The van der Waals surface area contributed by atoms with Gasteiger partial charge in [-0.25, -0.2) is 8.78 Å². The third-order valence-corrected chi connectivity index (χ3v) is 6.52. The second kappa shape index (κ2) is 10.1. The lowest BCUT2D eigenvalue weighted by molar-refractivity contribution is 0.0933. The van der Waals surface area contributed by atoms with Gasteiger partial charge in [0.15, 0.2) is 5.82 Å². The molecular weight excluding hydrogens is 458 g/mol. The Bertz CT molecular complexity index is 1400. The molecular formula is C25H22F2N4O2S. The number of rotatable bonds is 7. The largest absolute Gasteiger partial charge is 0.343 e. The molecule has 6 nitrogen and oxygen atoms in total. The molecule has 0 saturated carbocycles. The predicted octanol–water partition coefficient (Wildman–Crippen LogP) is 4.45. The van der Waals surface area contributed by atoms with Crippen LogP contribution in [0.15, 0.2) is 71.5 Å². The van der Waals surface area contributed by atoms with E-state index in [2.05, 4.69) is 27.9 Å². The van der Waals surface area contributed by atoms with Gasteiger partial charge in [-0.2, -0.15) is 9.78 Å². The van der Waals surface area contributed by atoms with Gasteiger partial charge < -0.3 is 10.6 Å². The predicted molar refractivity (Wildman–Crippen MR) is 128 cm³/mol. The zero-order valence-corrected chi connectivity index (χ0v) is 19.3. The minimum absolute atomic E-state index is 0.0636. The number of halogens is 2. The molecule has 4 rings (SSSR count). The number of benzene rings is 2. The number of hydrogen-bond donors (Lipinski definition) is 2. The summed E-state index contributed by atoms with van der Waals surface area (Å²) in [6, 6.07) is 16.9. The Balaban J connectivity index is 1.55. The van der Waals surface area contributed by atoms with Gasteiger partial charge in [0.25, 0.3) is 11.5 Å². The maximum atomic E-state index is 14.2. The van der Waals surface area contributed by atoms with Crippen molar-refractivity contribution in [2.45, 2.75) is 19.5 Å². The number of carbonyl (C=O) groups is 1. The Morgan fingerprint density at radius 3 is 2.65 bits per heavy atom. The van der Waals surface area contributed by atoms with E-state index >= 15 is 0 Å². The molecule has 0 saturated heterocycles. The zero-order valence-electron chi connectivity index (χ0n) is 18.5. The van der Waals surface area contributed by atoms with Gasteiger partial charge in [-0.15, -0.1) is 11.3 Å². The van der Waals surface area contributed by atoms with Crippen LogP contribution in [0.5, 0.6) is 0 Å². The van der Waals surface area contributed by atoms with Crippen LogP contribution in [-0.4, -0.2) is 22.7 Å². The van der Waals surface area contributed by atoms with Crippen LogP contribution in [0, 0.1) is 11.6 Å². The second-order valence-electron chi connectivity index (χ2n) is 7.65. The summed E-state index contributed by atoms with van der Waals surface area (Å²) in [6.45, 7) is 2.59. The average Bonchev–Trinajstić information content (AvgIpc) is 3.31. The van der Waals surface area contributed by atoms with Crippen molar-refractivity contribution in [2.75, 3.05) is 7.05 Å². The molecule has 0 fully saturated rings. The van der Waals surface area contributed by atoms with Gasteiger partial charge in [0.2, 0.25) is 0 Å². The van der Waals surface area contributed by atoms with Crippen molar-refractivity contribution in [1.29, 1.82) is 0 Å². The molecule has 1 atom stereocenters. The lowest BCUT2D eigenvalue weighted by atomic mass is 10.1. The summed E-state index contributed by atoms with van der Waals surface area (Å²) >= 11 is 1.57. The van der Waals surface area contributed by atoms with Crippen molar-refractivity contribution in [3.63, 3.8) is 0 Å². The fourth-order valence-corrected chi connectivity index (χ4v) is 4.61. The summed E-state index contributed by atoms with van der Waals surface area (Å²) in [5, 5.41) is 10.0. The summed E-state index contributed by atoms with van der Waals surface area (Å²) in [6.07, 6.45) is 0. The summed E-state index contributed by atoms with van der Waals surface area (Å²) in [7, 11) is 1.90. The molecule has 1 amide bonds. The Morgan fingerprint density at radius 2 is 1.88 bits per heavy atom. The highest BCUT2D eigenvalue weighted by atomic mass is 32.1. The van der Waals surface area contributed by atoms with E-state index in [1.54, 1.807) is 11.3 Å². The third-order valence-electron chi connectivity index (χ3n) is 5.22. The van der Waals surface area contributed by atoms with Gasteiger partial charge in [0, 0.05) is 28.4 Å².